The number of benzene rings is 2. The summed E-state index contributed by atoms with van der Waals surface area (Å²) in [5, 5.41) is 3.71. The highest BCUT2D eigenvalue weighted by atomic mass is 79.9. The third-order valence-corrected chi connectivity index (χ3v) is 5.07. The molecular weight excluding hydrogens is 360 g/mol. The van der Waals surface area contributed by atoms with Crippen LogP contribution in [-0.4, -0.2) is 24.5 Å². The molecule has 1 unspecified atom stereocenters. The first-order valence-electron chi connectivity index (χ1n) is 8.98. The summed E-state index contributed by atoms with van der Waals surface area (Å²) in [5.41, 5.74) is 2.75. The molecule has 1 N–H and O–H groups in total. The SMILES string of the molecule is CCCNC(CCN(CC)Cc1ccccc1)c1ccccc1Br. The van der Waals surface area contributed by atoms with E-state index in [4.69, 9.17) is 0 Å². The second-order valence-corrected chi connectivity index (χ2v) is 7.03. The Balaban J connectivity index is 1.99. The zero-order valence-electron chi connectivity index (χ0n) is 14.8. The quantitative estimate of drug-likeness (QED) is 0.585. The van der Waals surface area contributed by atoms with Crippen molar-refractivity contribution in [1.82, 2.24) is 10.2 Å². The molecule has 0 saturated heterocycles. The Labute approximate surface area is 155 Å². The van der Waals surface area contributed by atoms with Gasteiger partial charge < -0.3 is 5.32 Å². The van der Waals surface area contributed by atoms with Crippen LogP contribution in [-0.2, 0) is 6.54 Å². The minimum absolute atomic E-state index is 0.394. The maximum atomic E-state index is 3.71. The van der Waals surface area contributed by atoms with Crippen molar-refractivity contribution in [2.45, 2.75) is 39.3 Å². The summed E-state index contributed by atoms with van der Waals surface area (Å²) in [7, 11) is 0. The third-order valence-electron chi connectivity index (χ3n) is 4.35. The lowest BCUT2D eigenvalue weighted by Crippen LogP contribution is -2.30. The molecule has 0 heterocycles. The predicted molar refractivity (Wildman–Crippen MR) is 107 cm³/mol. The van der Waals surface area contributed by atoms with Gasteiger partial charge in [0.15, 0.2) is 0 Å². The molecular formula is C21H29BrN2. The van der Waals surface area contributed by atoms with E-state index in [1.165, 1.54) is 15.6 Å². The van der Waals surface area contributed by atoms with Crippen LogP contribution in [0.5, 0.6) is 0 Å². The van der Waals surface area contributed by atoms with Crippen molar-refractivity contribution in [3.63, 3.8) is 0 Å². The van der Waals surface area contributed by atoms with Gasteiger partial charge in [-0.05, 0) is 43.1 Å². The van der Waals surface area contributed by atoms with E-state index >= 15 is 0 Å². The Morgan fingerprint density at radius 2 is 1.71 bits per heavy atom. The molecule has 0 aromatic heterocycles. The number of halogens is 1. The first-order chi connectivity index (χ1) is 11.7. The number of nitrogens with one attached hydrogen (secondary N) is 1. The fraction of sp³-hybridized carbons (Fsp3) is 0.429. The Bertz CT molecular complexity index is 585. The van der Waals surface area contributed by atoms with Crippen molar-refractivity contribution >= 4 is 15.9 Å². The van der Waals surface area contributed by atoms with Crippen LogP contribution in [0.4, 0.5) is 0 Å². The van der Waals surface area contributed by atoms with Crippen LogP contribution in [0.3, 0.4) is 0 Å². The highest BCUT2D eigenvalue weighted by molar-refractivity contribution is 9.10. The summed E-state index contributed by atoms with van der Waals surface area (Å²) in [6, 6.07) is 19.7. The summed E-state index contributed by atoms with van der Waals surface area (Å²) < 4.78 is 1.20. The van der Waals surface area contributed by atoms with Crippen LogP contribution >= 0.6 is 15.9 Å². The number of nitrogens with zero attached hydrogens (tertiary/aromatic N) is 1. The van der Waals surface area contributed by atoms with Gasteiger partial charge >= 0.3 is 0 Å². The van der Waals surface area contributed by atoms with Gasteiger partial charge in [0, 0.05) is 23.6 Å². The highest BCUT2D eigenvalue weighted by Gasteiger charge is 2.15. The van der Waals surface area contributed by atoms with E-state index < -0.39 is 0 Å². The normalized spacial score (nSPS) is 12.5. The summed E-state index contributed by atoms with van der Waals surface area (Å²) in [5.74, 6) is 0. The van der Waals surface area contributed by atoms with E-state index in [1.54, 1.807) is 0 Å². The zero-order valence-corrected chi connectivity index (χ0v) is 16.4. The topological polar surface area (TPSA) is 15.3 Å². The van der Waals surface area contributed by atoms with E-state index in [-0.39, 0.29) is 0 Å². The van der Waals surface area contributed by atoms with Gasteiger partial charge in [-0.3, -0.25) is 4.90 Å². The standard InChI is InChI=1S/C21H29BrN2/c1-3-15-23-21(19-12-8-9-13-20(19)22)14-16-24(4-2)17-18-10-6-5-7-11-18/h5-13,21,23H,3-4,14-17H2,1-2H3. The summed E-state index contributed by atoms with van der Waals surface area (Å²) >= 11 is 3.71. The molecule has 0 aliphatic heterocycles. The molecule has 0 spiro atoms. The van der Waals surface area contributed by atoms with Crippen LogP contribution in [0.25, 0.3) is 0 Å². The first-order valence-corrected chi connectivity index (χ1v) is 9.78. The van der Waals surface area contributed by atoms with Crippen molar-refractivity contribution in [3.05, 3.63) is 70.2 Å². The van der Waals surface area contributed by atoms with Crippen LogP contribution in [0.15, 0.2) is 59.1 Å². The Hall–Kier alpha value is -1.16. The Morgan fingerprint density at radius 3 is 2.38 bits per heavy atom. The average Bonchev–Trinajstić information content (AvgIpc) is 2.62. The number of hydrogen-bond donors (Lipinski definition) is 1. The van der Waals surface area contributed by atoms with Crippen molar-refractivity contribution in [2.24, 2.45) is 0 Å². The first kappa shape index (κ1) is 19.2. The lowest BCUT2D eigenvalue weighted by molar-refractivity contribution is 0.261. The van der Waals surface area contributed by atoms with Gasteiger partial charge in [-0.2, -0.15) is 0 Å². The lowest BCUT2D eigenvalue weighted by Gasteiger charge is -2.25. The molecule has 0 radical (unpaired) electrons. The second-order valence-electron chi connectivity index (χ2n) is 6.17. The molecule has 2 aromatic rings. The van der Waals surface area contributed by atoms with Crippen LogP contribution in [0, 0.1) is 0 Å². The summed E-state index contributed by atoms with van der Waals surface area (Å²) in [4.78, 5) is 2.52. The maximum absolute atomic E-state index is 3.71. The largest absolute Gasteiger partial charge is 0.310 e. The molecule has 0 amide bonds. The van der Waals surface area contributed by atoms with Crippen molar-refractivity contribution in [3.8, 4) is 0 Å². The summed E-state index contributed by atoms with van der Waals surface area (Å²) in [6.45, 7) is 8.71. The molecule has 2 nitrogen and oxygen atoms in total. The van der Waals surface area contributed by atoms with Gasteiger partial charge in [-0.25, -0.2) is 0 Å². The smallest absolute Gasteiger partial charge is 0.0343 e. The van der Waals surface area contributed by atoms with Gasteiger partial charge in [-0.15, -0.1) is 0 Å². The van der Waals surface area contributed by atoms with Gasteiger partial charge in [0.25, 0.3) is 0 Å². The molecule has 0 aliphatic rings. The Kier molecular flexibility index (Phi) is 8.51. The molecule has 0 fully saturated rings. The van der Waals surface area contributed by atoms with Crippen molar-refractivity contribution < 1.29 is 0 Å². The van der Waals surface area contributed by atoms with Crippen LogP contribution in [0.2, 0.25) is 0 Å². The highest BCUT2D eigenvalue weighted by Crippen LogP contribution is 2.26. The molecule has 2 aromatic carbocycles. The third kappa shape index (κ3) is 6.04. The zero-order chi connectivity index (χ0) is 17.2. The van der Waals surface area contributed by atoms with E-state index in [2.05, 4.69) is 94.6 Å². The molecule has 0 aliphatic carbocycles. The molecule has 24 heavy (non-hydrogen) atoms. The number of hydrogen-bond acceptors (Lipinski definition) is 2. The van der Waals surface area contributed by atoms with E-state index in [0.29, 0.717) is 6.04 Å². The minimum Gasteiger partial charge on any atom is -0.310 e. The van der Waals surface area contributed by atoms with Gasteiger partial charge in [0.05, 0.1) is 0 Å². The Morgan fingerprint density at radius 1 is 1.00 bits per heavy atom. The molecule has 0 bridgehead atoms. The van der Waals surface area contributed by atoms with Gasteiger partial charge in [0.2, 0.25) is 0 Å². The van der Waals surface area contributed by atoms with Crippen LogP contribution < -0.4 is 5.32 Å². The molecule has 0 saturated carbocycles. The monoisotopic (exact) mass is 388 g/mol. The van der Waals surface area contributed by atoms with Gasteiger partial charge in [-0.1, -0.05) is 78.3 Å². The average molecular weight is 389 g/mol. The van der Waals surface area contributed by atoms with Gasteiger partial charge in [0.1, 0.15) is 0 Å². The molecule has 130 valence electrons. The van der Waals surface area contributed by atoms with Crippen LogP contribution in [0.1, 0.15) is 43.9 Å². The number of rotatable bonds is 10. The van der Waals surface area contributed by atoms with E-state index in [1.807, 2.05) is 0 Å². The van der Waals surface area contributed by atoms with Crippen molar-refractivity contribution in [1.29, 1.82) is 0 Å². The summed E-state index contributed by atoms with van der Waals surface area (Å²) in [6.07, 6.45) is 2.27. The van der Waals surface area contributed by atoms with E-state index in [0.717, 1.165) is 39.0 Å². The second kappa shape index (κ2) is 10.7. The maximum Gasteiger partial charge on any atom is 0.0343 e. The molecule has 1 atom stereocenters. The fourth-order valence-corrected chi connectivity index (χ4v) is 3.51. The predicted octanol–water partition coefficient (Wildman–Crippen LogP) is 5.40. The molecule has 2 rings (SSSR count). The lowest BCUT2D eigenvalue weighted by atomic mass is 10.0. The molecule has 3 heteroatoms. The van der Waals surface area contributed by atoms with Crippen molar-refractivity contribution in [2.75, 3.05) is 19.6 Å². The minimum atomic E-state index is 0.394. The fourth-order valence-electron chi connectivity index (χ4n) is 2.95. The van der Waals surface area contributed by atoms with E-state index in [9.17, 15) is 0 Å².